The second kappa shape index (κ2) is 12.5. The van der Waals surface area contributed by atoms with Gasteiger partial charge in [-0.15, -0.1) is 24.0 Å². The van der Waals surface area contributed by atoms with Crippen molar-refractivity contribution >= 4 is 40.7 Å². The van der Waals surface area contributed by atoms with Gasteiger partial charge in [-0.1, -0.05) is 13.3 Å². The molecule has 0 aromatic rings. The lowest BCUT2D eigenvalue weighted by Gasteiger charge is -2.30. The van der Waals surface area contributed by atoms with Crippen LogP contribution in [0.4, 0.5) is 0 Å². The molecule has 3 unspecified atom stereocenters. The van der Waals surface area contributed by atoms with Crippen molar-refractivity contribution in [1.82, 2.24) is 15.5 Å². The van der Waals surface area contributed by atoms with Gasteiger partial charge in [0.1, 0.15) is 0 Å². The topological polar surface area (TPSA) is 56.7 Å². The lowest BCUT2D eigenvalue weighted by molar-refractivity contribution is 0.396. The van der Waals surface area contributed by atoms with Gasteiger partial charge in [-0.25, -0.2) is 0 Å². The highest BCUT2D eigenvalue weighted by Crippen LogP contribution is 2.22. The molecule has 1 fully saturated rings. The Morgan fingerprint density at radius 3 is 2.68 bits per heavy atom. The van der Waals surface area contributed by atoms with Gasteiger partial charge in [0.25, 0.3) is 0 Å². The van der Waals surface area contributed by atoms with Gasteiger partial charge in [0.15, 0.2) is 5.96 Å². The smallest absolute Gasteiger partial charge is 0.191 e. The monoisotopic (exact) mass is 444 g/mol. The van der Waals surface area contributed by atoms with Crippen LogP contribution in [0.5, 0.6) is 0 Å². The first-order valence-electron chi connectivity index (χ1n) is 8.05. The Morgan fingerprint density at radius 2 is 2.09 bits per heavy atom. The number of nitrogens with one attached hydrogen (secondary N) is 2. The molecular formula is C15H33IN4OS. The van der Waals surface area contributed by atoms with E-state index in [1.807, 2.05) is 14.0 Å². The van der Waals surface area contributed by atoms with E-state index in [9.17, 15) is 4.21 Å². The molecule has 0 heterocycles. The van der Waals surface area contributed by atoms with Crippen molar-refractivity contribution in [1.29, 1.82) is 0 Å². The SMILES string of the molecule is CCS(=O)C1CCCC(NC(=NC)NCCCN(C)C)C1.I. The molecule has 0 aromatic carbocycles. The summed E-state index contributed by atoms with van der Waals surface area (Å²) in [4.78, 5) is 6.48. The zero-order chi connectivity index (χ0) is 15.7. The second-order valence-electron chi connectivity index (χ2n) is 5.96. The molecule has 0 amide bonds. The standard InChI is InChI=1S/C15H32N4OS.HI/c1-5-21(20)14-9-6-8-13(12-14)18-15(16-2)17-10-7-11-19(3)4;/h13-14H,5-12H2,1-4H3,(H2,16,17,18);1H. The zero-order valence-corrected chi connectivity index (χ0v) is 17.6. The summed E-state index contributed by atoms with van der Waals surface area (Å²) in [6.07, 6.45) is 5.51. The Kier molecular flexibility index (Phi) is 12.6. The van der Waals surface area contributed by atoms with Crippen molar-refractivity contribution in [3.8, 4) is 0 Å². The molecule has 1 saturated carbocycles. The van der Waals surface area contributed by atoms with E-state index in [2.05, 4.69) is 34.6 Å². The molecule has 2 N–H and O–H groups in total. The van der Waals surface area contributed by atoms with E-state index in [0.717, 1.165) is 56.9 Å². The quantitative estimate of drug-likeness (QED) is 0.272. The highest BCUT2D eigenvalue weighted by molar-refractivity contribution is 14.0. The fourth-order valence-electron chi connectivity index (χ4n) is 2.74. The largest absolute Gasteiger partial charge is 0.356 e. The van der Waals surface area contributed by atoms with Gasteiger partial charge < -0.3 is 15.5 Å². The van der Waals surface area contributed by atoms with E-state index in [1.54, 1.807) is 0 Å². The summed E-state index contributed by atoms with van der Waals surface area (Å²) in [6, 6.07) is 0.402. The fraction of sp³-hybridized carbons (Fsp3) is 0.933. The van der Waals surface area contributed by atoms with E-state index in [-0.39, 0.29) is 24.0 Å². The molecule has 0 saturated heterocycles. The van der Waals surface area contributed by atoms with E-state index >= 15 is 0 Å². The molecule has 1 aliphatic rings. The number of rotatable bonds is 7. The Labute approximate surface area is 155 Å². The van der Waals surface area contributed by atoms with Crippen molar-refractivity contribution in [2.45, 2.75) is 50.3 Å². The maximum absolute atomic E-state index is 12.0. The van der Waals surface area contributed by atoms with Crippen LogP contribution in [0, 0.1) is 0 Å². The molecule has 0 radical (unpaired) electrons. The summed E-state index contributed by atoms with van der Waals surface area (Å²) >= 11 is 0. The predicted molar refractivity (Wildman–Crippen MR) is 108 cm³/mol. The third-order valence-electron chi connectivity index (χ3n) is 3.92. The summed E-state index contributed by atoms with van der Waals surface area (Å²) in [5.74, 6) is 1.65. The molecule has 1 rings (SSSR count). The van der Waals surface area contributed by atoms with Crippen LogP contribution in [0.25, 0.3) is 0 Å². The third-order valence-corrected chi connectivity index (χ3v) is 5.66. The van der Waals surface area contributed by atoms with Crippen molar-refractivity contribution in [3.63, 3.8) is 0 Å². The van der Waals surface area contributed by atoms with Crippen molar-refractivity contribution in [2.75, 3.05) is 40.0 Å². The number of nitrogens with zero attached hydrogens (tertiary/aromatic N) is 2. The van der Waals surface area contributed by atoms with Crippen LogP contribution in [0.15, 0.2) is 4.99 Å². The Morgan fingerprint density at radius 1 is 1.36 bits per heavy atom. The normalized spacial score (nSPS) is 23.8. The Balaban J connectivity index is 0.00000441. The minimum absolute atomic E-state index is 0. The van der Waals surface area contributed by atoms with Gasteiger partial charge in [0, 0.05) is 41.4 Å². The van der Waals surface area contributed by atoms with Crippen molar-refractivity contribution in [3.05, 3.63) is 0 Å². The van der Waals surface area contributed by atoms with Gasteiger partial charge in [-0.3, -0.25) is 9.20 Å². The van der Waals surface area contributed by atoms with Crippen molar-refractivity contribution < 1.29 is 4.21 Å². The molecule has 1 aliphatic carbocycles. The average molecular weight is 444 g/mol. The van der Waals surface area contributed by atoms with Crippen LogP contribution >= 0.6 is 24.0 Å². The first-order chi connectivity index (χ1) is 10.1. The molecule has 3 atom stereocenters. The summed E-state index contributed by atoms with van der Waals surface area (Å²) in [7, 11) is 5.32. The molecule has 7 heteroatoms. The Hall–Kier alpha value is 0.110. The first-order valence-corrected chi connectivity index (χ1v) is 9.44. The van der Waals surface area contributed by atoms with Crippen molar-refractivity contribution in [2.24, 2.45) is 4.99 Å². The van der Waals surface area contributed by atoms with Crippen LogP contribution in [-0.2, 0) is 10.8 Å². The summed E-state index contributed by atoms with van der Waals surface area (Å²) in [5.41, 5.74) is 0. The number of hydrogen-bond acceptors (Lipinski definition) is 3. The summed E-state index contributed by atoms with van der Waals surface area (Å²) < 4.78 is 12.0. The van der Waals surface area contributed by atoms with E-state index in [0.29, 0.717) is 11.3 Å². The maximum Gasteiger partial charge on any atom is 0.191 e. The number of hydrogen-bond donors (Lipinski definition) is 2. The second-order valence-corrected chi connectivity index (χ2v) is 7.96. The molecule has 22 heavy (non-hydrogen) atoms. The highest BCUT2D eigenvalue weighted by Gasteiger charge is 2.25. The van der Waals surface area contributed by atoms with Crippen LogP contribution in [0.2, 0.25) is 0 Å². The molecule has 0 spiro atoms. The fourth-order valence-corrected chi connectivity index (χ4v) is 4.09. The molecule has 5 nitrogen and oxygen atoms in total. The predicted octanol–water partition coefficient (Wildman–Crippen LogP) is 1.80. The minimum Gasteiger partial charge on any atom is -0.356 e. The van der Waals surface area contributed by atoms with Gasteiger partial charge >= 0.3 is 0 Å². The number of aliphatic imine (C=N–C) groups is 1. The van der Waals surface area contributed by atoms with Crippen LogP contribution in [0.1, 0.15) is 39.0 Å². The number of halogens is 1. The van der Waals surface area contributed by atoms with Gasteiger partial charge in [0.2, 0.25) is 0 Å². The van der Waals surface area contributed by atoms with Crippen LogP contribution < -0.4 is 10.6 Å². The van der Waals surface area contributed by atoms with E-state index in [4.69, 9.17) is 0 Å². The lowest BCUT2D eigenvalue weighted by atomic mass is 9.95. The molecule has 0 bridgehead atoms. The maximum atomic E-state index is 12.0. The Bertz CT molecular complexity index is 352. The summed E-state index contributed by atoms with van der Waals surface area (Å²) in [5, 5.41) is 7.21. The van der Waals surface area contributed by atoms with Gasteiger partial charge in [0.05, 0.1) is 0 Å². The minimum atomic E-state index is -0.669. The molecule has 132 valence electrons. The van der Waals surface area contributed by atoms with Gasteiger partial charge in [-0.2, -0.15) is 0 Å². The van der Waals surface area contributed by atoms with Crippen LogP contribution in [-0.4, -0.2) is 66.3 Å². The average Bonchev–Trinajstić information content (AvgIpc) is 2.49. The zero-order valence-electron chi connectivity index (χ0n) is 14.4. The molecule has 0 aliphatic heterocycles. The van der Waals surface area contributed by atoms with E-state index in [1.165, 1.54) is 0 Å². The first kappa shape index (κ1) is 22.1. The summed E-state index contributed by atoms with van der Waals surface area (Å²) in [6.45, 7) is 4.01. The van der Waals surface area contributed by atoms with Gasteiger partial charge in [-0.05, 0) is 46.3 Å². The third kappa shape index (κ3) is 8.67. The molecule has 0 aromatic heterocycles. The van der Waals surface area contributed by atoms with Crippen LogP contribution in [0.3, 0.4) is 0 Å². The number of guanidine groups is 1. The lowest BCUT2D eigenvalue weighted by Crippen LogP contribution is -2.47. The molecular weight excluding hydrogens is 411 g/mol. The van der Waals surface area contributed by atoms with E-state index < -0.39 is 10.8 Å². The highest BCUT2D eigenvalue weighted by atomic mass is 127.